The number of hydrogen-bond acceptors (Lipinski definition) is 3. The average molecular weight is 392 g/mol. The first kappa shape index (κ1) is 18.8. The van der Waals surface area contributed by atoms with Crippen LogP contribution in [0.4, 0.5) is 13.2 Å². The predicted molar refractivity (Wildman–Crippen MR) is 104 cm³/mol. The van der Waals surface area contributed by atoms with Crippen molar-refractivity contribution in [2.75, 3.05) is 6.54 Å². The fourth-order valence-corrected chi connectivity index (χ4v) is 4.54. The van der Waals surface area contributed by atoms with Crippen LogP contribution < -0.4 is 10.0 Å². The first-order valence-corrected chi connectivity index (χ1v) is 10.2. The molecule has 1 saturated carbocycles. The molecule has 2 aliphatic rings. The zero-order chi connectivity index (χ0) is 19.0. The maximum atomic E-state index is 15.2. The molecule has 1 heterocycles. The molecule has 2 nitrogen and oxygen atoms in total. The molecule has 1 aliphatic carbocycles. The van der Waals surface area contributed by atoms with E-state index in [4.69, 9.17) is 0 Å². The molecule has 6 heteroatoms. The number of hydrogen-bond donors (Lipinski definition) is 2. The molecule has 27 heavy (non-hydrogen) atoms. The van der Waals surface area contributed by atoms with Gasteiger partial charge in [-0.2, -0.15) is 0 Å². The van der Waals surface area contributed by atoms with Gasteiger partial charge < -0.3 is 5.32 Å². The highest BCUT2D eigenvalue weighted by Crippen LogP contribution is 2.48. The summed E-state index contributed by atoms with van der Waals surface area (Å²) < 4.78 is 46.0. The number of aryl methyl sites for hydroxylation is 1. The van der Waals surface area contributed by atoms with E-state index in [1.165, 1.54) is 24.1 Å². The third kappa shape index (κ3) is 4.33. The Morgan fingerprint density at radius 3 is 2.78 bits per heavy atom. The van der Waals surface area contributed by atoms with Crippen molar-refractivity contribution in [1.29, 1.82) is 0 Å². The molecule has 2 aromatic rings. The molecule has 2 unspecified atom stereocenters. The number of halogens is 3. The number of alkyl halides is 1. The lowest BCUT2D eigenvalue weighted by molar-refractivity contribution is 0.430. The van der Waals surface area contributed by atoms with Crippen molar-refractivity contribution in [3.8, 4) is 11.1 Å². The fourth-order valence-electron chi connectivity index (χ4n) is 3.59. The van der Waals surface area contributed by atoms with E-state index in [0.29, 0.717) is 36.0 Å². The van der Waals surface area contributed by atoms with Gasteiger partial charge in [0.15, 0.2) is 5.00 Å². The molecule has 2 aromatic carbocycles. The summed E-state index contributed by atoms with van der Waals surface area (Å²) in [5, 5.41) is 2.27. The van der Waals surface area contributed by atoms with Gasteiger partial charge in [0.05, 0.1) is 0 Å². The zero-order valence-corrected chi connectivity index (χ0v) is 16.0. The second-order valence-electron chi connectivity index (χ2n) is 7.56. The van der Waals surface area contributed by atoms with Gasteiger partial charge in [-0.25, -0.2) is 13.2 Å². The Labute approximate surface area is 162 Å². The third-order valence-corrected chi connectivity index (χ3v) is 6.45. The van der Waals surface area contributed by atoms with Crippen molar-refractivity contribution in [3.05, 3.63) is 59.2 Å². The first-order valence-electron chi connectivity index (χ1n) is 9.34. The van der Waals surface area contributed by atoms with Gasteiger partial charge in [-0.05, 0) is 79.9 Å². The molecule has 0 radical (unpaired) electrons. The molecular weight excluding hydrogens is 369 g/mol. The largest absolute Gasteiger partial charge is 0.312 e. The molecule has 1 aliphatic heterocycles. The summed E-state index contributed by atoms with van der Waals surface area (Å²) in [6, 6.07) is 9.98. The van der Waals surface area contributed by atoms with Gasteiger partial charge in [0.2, 0.25) is 0 Å². The Hall–Kier alpha value is -1.50. The van der Waals surface area contributed by atoms with Gasteiger partial charge in [0, 0.05) is 17.6 Å². The Morgan fingerprint density at radius 2 is 2.04 bits per heavy atom. The van der Waals surface area contributed by atoms with Gasteiger partial charge in [-0.1, -0.05) is 24.3 Å². The number of benzene rings is 2. The van der Waals surface area contributed by atoms with Crippen LogP contribution in [0.1, 0.15) is 30.4 Å². The fraction of sp³-hybridized carbons (Fsp3) is 0.429. The van der Waals surface area contributed by atoms with Crippen molar-refractivity contribution in [2.24, 2.45) is 0 Å². The molecule has 4 rings (SSSR count). The minimum atomic E-state index is -1.12. The van der Waals surface area contributed by atoms with Crippen LogP contribution in [0.15, 0.2) is 36.4 Å². The van der Waals surface area contributed by atoms with Gasteiger partial charge in [-0.15, -0.1) is 0 Å². The Morgan fingerprint density at radius 1 is 1.22 bits per heavy atom. The Kier molecular flexibility index (Phi) is 5.23. The Balaban J connectivity index is 1.52. The van der Waals surface area contributed by atoms with E-state index >= 15 is 4.39 Å². The van der Waals surface area contributed by atoms with E-state index in [1.807, 2.05) is 0 Å². The van der Waals surface area contributed by atoms with E-state index in [1.54, 1.807) is 31.2 Å². The quantitative estimate of drug-likeness (QED) is 0.683. The minimum absolute atomic E-state index is 0.0406. The first-order chi connectivity index (χ1) is 12.9. The third-order valence-electron chi connectivity index (χ3n) is 5.26. The van der Waals surface area contributed by atoms with Crippen molar-refractivity contribution in [3.63, 3.8) is 0 Å². The standard InChI is InChI=1S/C21H23F3N2S/c1-13-9-15(11-16(22)10-13)17-4-2-3-14(20(17)23)12-19-18(5-8-25-19)26-27-21(24)6-7-21/h2-4,9-11,18-19,25-26H,5-8,12H2,1H3. The lowest BCUT2D eigenvalue weighted by Crippen LogP contribution is -2.40. The van der Waals surface area contributed by atoms with Crippen LogP contribution >= 0.6 is 11.9 Å². The van der Waals surface area contributed by atoms with Gasteiger partial charge >= 0.3 is 0 Å². The van der Waals surface area contributed by atoms with Gasteiger partial charge in [0.1, 0.15) is 11.6 Å². The summed E-state index contributed by atoms with van der Waals surface area (Å²) >= 11 is 1.17. The minimum Gasteiger partial charge on any atom is -0.312 e. The van der Waals surface area contributed by atoms with E-state index in [2.05, 4.69) is 10.0 Å². The lowest BCUT2D eigenvalue weighted by Gasteiger charge is -2.22. The highest BCUT2D eigenvalue weighted by Gasteiger charge is 2.45. The summed E-state index contributed by atoms with van der Waals surface area (Å²) in [6.45, 7) is 2.62. The van der Waals surface area contributed by atoms with Crippen LogP contribution in [0.25, 0.3) is 11.1 Å². The van der Waals surface area contributed by atoms with Gasteiger partial charge in [-0.3, -0.25) is 4.72 Å². The summed E-state index contributed by atoms with van der Waals surface area (Å²) in [5.74, 6) is -0.680. The van der Waals surface area contributed by atoms with Crippen molar-refractivity contribution >= 4 is 11.9 Å². The zero-order valence-electron chi connectivity index (χ0n) is 15.2. The second kappa shape index (κ2) is 7.49. The molecule has 2 atom stereocenters. The van der Waals surface area contributed by atoms with E-state index < -0.39 is 5.00 Å². The predicted octanol–water partition coefficient (Wildman–Crippen LogP) is 4.91. The summed E-state index contributed by atoms with van der Waals surface area (Å²) in [4.78, 5) is 0. The van der Waals surface area contributed by atoms with Crippen LogP contribution in [0.5, 0.6) is 0 Å². The average Bonchev–Trinajstić information content (AvgIpc) is 3.19. The summed E-state index contributed by atoms with van der Waals surface area (Å²) in [5.41, 5.74) is 2.30. The van der Waals surface area contributed by atoms with Crippen LogP contribution in [-0.4, -0.2) is 23.6 Å². The molecule has 1 saturated heterocycles. The van der Waals surface area contributed by atoms with Crippen LogP contribution in [0.2, 0.25) is 0 Å². The van der Waals surface area contributed by atoms with E-state index in [9.17, 15) is 8.78 Å². The number of nitrogens with one attached hydrogen (secondary N) is 2. The molecule has 0 bridgehead atoms. The highest BCUT2D eigenvalue weighted by atomic mass is 32.2. The molecule has 144 valence electrons. The topological polar surface area (TPSA) is 24.1 Å². The normalized spacial score (nSPS) is 23.6. The lowest BCUT2D eigenvalue weighted by atomic mass is 9.96. The van der Waals surface area contributed by atoms with Crippen LogP contribution in [0.3, 0.4) is 0 Å². The Bertz CT molecular complexity index is 818. The van der Waals surface area contributed by atoms with E-state index in [-0.39, 0.29) is 23.7 Å². The maximum Gasteiger partial charge on any atom is 0.170 e. The van der Waals surface area contributed by atoms with Gasteiger partial charge in [0.25, 0.3) is 0 Å². The van der Waals surface area contributed by atoms with E-state index in [0.717, 1.165) is 18.5 Å². The molecule has 0 aromatic heterocycles. The van der Waals surface area contributed by atoms with Crippen LogP contribution in [0, 0.1) is 18.6 Å². The smallest absolute Gasteiger partial charge is 0.170 e. The SMILES string of the molecule is Cc1cc(F)cc(-c2cccc(CC3NCCC3NSC3(F)CC3)c2F)c1. The number of rotatable bonds is 6. The van der Waals surface area contributed by atoms with Crippen LogP contribution in [-0.2, 0) is 6.42 Å². The molecule has 2 fully saturated rings. The maximum absolute atomic E-state index is 15.2. The summed E-state index contributed by atoms with van der Waals surface area (Å²) in [6.07, 6.45) is 2.59. The molecule has 0 amide bonds. The summed E-state index contributed by atoms with van der Waals surface area (Å²) in [7, 11) is 0. The second-order valence-corrected chi connectivity index (χ2v) is 8.73. The molecule has 0 spiro atoms. The van der Waals surface area contributed by atoms with Crippen molar-refractivity contribution in [2.45, 2.75) is 49.7 Å². The molecular formula is C21H23F3N2S. The highest BCUT2D eigenvalue weighted by molar-refractivity contribution is 7.98. The molecule has 2 N–H and O–H groups in total. The van der Waals surface area contributed by atoms with Crippen molar-refractivity contribution < 1.29 is 13.2 Å². The monoisotopic (exact) mass is 392 g/mol. The van der Waals surface area contributed by atoms with Crippen molar-refractivity contribution in [1.82, 2.24) is 10.0 Å².